The maximum absolute atomic E-state index is 12.3. The number of nitrogens with one attached hydrogen (secondary N) is 1. The van der Waals surface area contributed by atoms with Gasteiger partial charge in [-0.2, -0.15) is 0 Å². The fraction of sp³-hybridized carbons (Fsp3) is 0.571. The van der Waals surface area contributed by atoms with Gasteiger partial charge in [-0.15, -0.1) is 0 Å². The van der Waals surface area contributed by atoms with Gasteiger partial charge in [-0.25, -0.2) is 8.42 Å². The van der Waals surface area contributed by atoms with Crippen LogP contribution in [-0.2, 0) is 9.84 Å². The van der Waals surface area contributed by atoms with E-state index in [-0.39, 0.29) is 11.8 Å². The fourth-order valence-electron chi connectivity index (χ4n) is 1.75. The molecule has 0 spiro atoms. The van der Waals surface area contributed by atoms with Crippen LogP contribution in [0.4, 0.5) is 0 Å². The molecule has 0 aliphatic heterocycles. The Morgan fingerprint density at radius 2 is 1.84 bits per heavy atom. The predicted molar refractivity (Wildman–Crippen MR) is 78.3 cm³/mol. The molecule has 5 heteroatoms. The molecular weight excluding hydrogens is 262 g/mol. The molecule has 0 heterocycles. The van der Waals surface area contributed by atoms with Crippen molar-refractivity contribution in [1.29, 1.82) is 0 Å². The number of hydrogen-bond acceptors (Lipinski definition) is 4. The van der Waals surface area contributed by atoms with Crippen LogP contribution >= 0.6 is 0 Å². The molecule has 108 valence electrons. The molecule has 19 heavy (non-hydrogen) atoms. The molecule has 0 saturated carbocycles. The van der Waals surface area contributed by atoms with Crippen molar-refractivity contribution in [2.45, 2.75) is 31.6 Å². The molecule has 0 aliphatic carbocycles. The summed E-state index contributed by atoms with van der Waals surface area (Å²) in [7, 11) is 0.146. The largest absolute Gasteiger partial charge is 0.496 e. The van der Waals surface area contributed by atoms with Crippen molar-refractivity contribution in [1.82, 2.24) is 5.32 Å². The van der Waals surface area contributed by atoms with Gasteiger partial charge < -0.3 is 10.1 Å². The Morgan fingerprint density at radius 3 is 2.32 bits per heavy atom. The van der Waals surface area contributed by atoms with Gasteiger partial charge in [0.25, 0.3) is 0 Å². The topological polar surface area (TPSA) is 55.4 Å². The smallest absolute Gasteiger partial charge is 0.157 e. The predicted octanol–water partition coefficient (Wildman–Crippen LogP) is 2.17. The summed E-state index contributed by atoms with van der Waals surface area (Å²) in [5, 5.41) is 3.06. The highest BCUT2D eigenvalue weighted by molar-refractivity contribution is 7.92. The van der Waals surface area contributed by atoms with E-state index in [2.05, 4.69) is 5.32 Å². The van der Waals surface area contributed by atoms with Gasteiger partial charge in [0, 0.05) is 11.6 Å². The van der Waals surface area contributed by atoms with E-state index >= 15 is 0 Å². The van der Waals surface area contributed by atoms with Crippen LogP contribution < -0.4 is 10.1 Å². The number of ether oxygens (including phenoxy) is 1. The molecule has 0 bridgehead atoms. The zero-order valence-corrected chi connectivity index (χ0v) is 13.0. The molecule has 1 rings (SSSR count). The molecule has 0 saturated heterocycles. The van der Waals surface area contributed by atoms with E-state index in [9.17, 15) is 8.42 Å². The van der Waals surface area contributed by atoms with Crippen molar-refractivity contribution in [2.24, 2.45) is 0 Å². The van der Waals surface area contributed by atoms with Crippen LogP contribution in [0.1, 0.15) is 32.4 Å². The second-order valence-electron chi connectivity index (χ2n) is 5.48. The highest BCUT2D eigenvalue weighted by atomic mass is 32.2. The van der Waals surface area contributed by atoms with Gasteiger partial charge in [0.05, 0.1) is 17.6 Å². The molecule has 1 atom stereocenters. The minimum absolute atomic E-state index is 0.0490. The van der Waals surface area contributed by atoms with Gasteiger partial charge in [-0.3, -0.25) is 0 Å². The maximum atomic E-state index is 12.3. The van der Waals surface area contributed by atoms with Gasteiger partial charge in [0.2, 0.25) is 0 Å². The van der Waals surface area contributed by atoms with E-state index < -0.39 is 14.6 Å². The first-order chi connectivity index (χ1) is 8.73. The summed E-state index contributed by atoms with van der Waals surface area (Å²) in [6.07, 6.45) is 0. The Bertz CT molecular complexity index is 518. The Kier molecular flexibility index (Phi) is 4.98. The number of methoxy groups -OCH3 is 1. The summed E-state index contributed by atoms with van der Waals surface area (Å²) in [6, 6.07) is 7.20. The Hall–Kier alpha value is -1.07. The molecule has 0 fully saturated rings. The Balaban J connectivity index is 3.10. The molecule has 4 nitrogen and oxygen atoms in total. The van der Waals surface area contributed by atoms with E-state index in [1.165, 1.54) is 0 Å². The lowest BCUT2D eigenvalue weighted by Crippen LogP contribution is -2.36. The van der Waals surface area contributed by atoms with Crippen LogP contribution in [0.15, 0.2) is 24.3 Å². The normalized spacial score (nSPS) is 14.2. The quantitative estimate of drug-likeness (QED) is 0.901. The number of rotatable bonds is 5. The average Bonchev–Trinajstić information content (AvgIpc) is 2.34. The zero-order chi connectivity index (χ0) is 14.7. The van der Waals surface area contributed by atoms with Crippen molar-refractivity contribution in [3.8, 4) is 5.75 Å². The summed E-state index contributed by atoms with van der Waals surface area (Å²) in [5.74, 6) is 0.749. The first kappa shape index (κ1) is 16.0. The van der Waals surface area contributed by atoms with Crippen LogP contribution in [-0.4, -0.2) is 33.1 Å². The van der Waals surface area contributed by atoms with E-state index in [0.717, 1.165) is 5.56 Å². The summed E-state index contributed by atoms with van der Waals surface area (Å²) >= 11 is 0. The second-order valence-corrected chi connectivity index (χ2v) is 8.26. The van der Waals surface area contributed by atoms with Gasteiger partial charge in [0.1, 0.15) is 5.75 Å². The first-order valence-electron chi connectivity index (χ1n) is 6.25. The monoisotopic (exact) mass is 285 g/mol. The van der Waals surface area contributed by atoms with Gasteiger partial charge in [-0.1, -0.05) is 18.2 Å². The van der Waals surface area contributed by atoms with Crippen LogP contribution in [0.25, 0.3) is 0 Å². The van der Waals surface area contributed by atoms with Gasteiger partial charge in [-0.05, 0) is 33.9 Å². The van der Waals surface area contributed by atoms with Crippen LogP contribution in [0.5, 0.6) is 5.75 Å². The van der Waals surface area contributed by atoms with Gasteiger partial charge >= 0.3 is 0 Å². The van der Waals surface area contributed by atoms with Crippen LogP contribution in [0.3, 0.4) is 0 Å². The lowest BCUT2D eigenvalue weighted by atomic mass is 10.1. The number of para-hydroxylation sites is 1. The van der Waals surface area contributed by atoms with E-state index in [0.29, 0.717) is 5.75 Å². The summed E-state index contributed by atoms with van der Waals surface area (Å²) in [5.41, 5.74) is 0.861. The lowest BCUT2D eigenvalue weighted by Gasteiger charge is -2.25. The van der Waals surface area contributed by atoms with E-state index in [1.54, 1.807) is 34.9 Å². The third-order valence-corrected chi connectivity index (χ3v) is 5.82. The molecule has 0 aromatic heterocycles. The maximum Gasteiger partial charge on any atom is 0.157 e. The summed E-state index contributed by atoms with van der Waals surface area (Å²) in [4.78, 5) is 0. The molecule has 0 amide bonds. The number of benzene rings is 1. The minimum Gasteiger partial charge on any atom is -0.496 e. The molecule has 1 unspecified atom stereocenters. The van der Waals surface area contributed by atoms with E-state index in [1.807, 2.05) is 24.3 Å². The second kappa shape index (κ2) is 5.92. The van der Waals surface area contributed by atoms with Crippen molar-refractivity contribution in [3.63, 3.8) is 0 Å². The molecule has 0 aliphatic rings. The van der Waals surface area contributed by atoms with Gasteiger partial charge in [0.15, 0.2) is 9.84 Å². The highest BCUT2D eigenvalue weighted by Crippen LogP contribution is 2.28. The van der Waals surface area contributed by atoms with Crippen molar-refractivity contribution >= 4 is 9.84 Å². The van der Waals surface area contributed by atoms with Crippen molar-refractivity contribution in [3.05, 3.63) is 29.8 Å². The molecule has 0 radical (unpaired) electrons. The molecule has 1 aromatic rings. The average molecular weight is 285 g/mol. The molecule has 1 N–H and O–H groups in total. The third kappa shape index (κ3) is 3.70. The lowest BCUT2D eigenvalue weighted by molar-refractivity contribution is 0.403. The minimum atomic E-state index is -3.20. The fourth-order valence-corrected chi connectivity index (χ4v) is 3.04. The van der Waals surface area contributed by atoms with Crippen LogP contribution in [0.2, 0.25) is 0 Å². The molecule has 1 aromatic carbocycles. The standard InChI is InChI=1S/C14H23NO3S/c1-14(2,3)19(16,17)10-12(15-4)11-8-6-7-9-13(11)18-5/h6-9,12,15H,10H2,1-5H3. The zero-order valence-electron chi connectivity index (χ0n) is 12.2. The number of hydrogen-bond donors (Lipinski definition) is 1. The van der Waals surface area contributed by atoms with Crippen molar-refractivity contribution < 1.29 is 13.2 Å². The summed E-state index contributed by atoms with van der Waals surface area (Å²) < 4.78 is 29.2. The summed E-state index contributed by atoms with van der Waals surface area (Å²) in [6.45, 7) is 5.16. The van der Waals surface area contributed by atoms with Crippen LogP contribution in [0, 0.1) is 0 Å². The Labute approximate surface area is 116 Å². The first-order valence-corrected chi connectivity index (χ1v) is 7.90. The Morgan fingerprint density at radius 1 is 1.26 bits per heavy atom. The SMILES string of the molecule is CNC(CS(=O)(=O)C(C)(C)C)c1ccccc1OC. The highest BCUT2D eigenvalue weighted by Gasteiger charge is 2.32. The van der Waals surface area contributed by atoms with Crippen molar-refractivity contribution in [2.75, 3.05) is 19.9 Å². The number of sulfone groups is 1. The third-order valence-electron chi connectivity index (χ3n) is 3.18. The van der Waals surface area contributed by atoms with E-state index in [4.69, 9.17) is 4.74 Å². The molecular formula is C14H23NO3S.